The Labute approximate surface area is 142 Å². The predicted molar refractivity (Wildman–Crippen MR) is 94.6 cm³/mol. The van der Waals surface area contributed by atoms with Crippen LogP contribution in [0.5, 0.6) is 0 Å². The van der Waals surface area contributed by atoms with E-state index < -0.39 is 0 Å². The number of hydrogen-bond donors (Lipinski definition) is 1. The Morgan fingerprint density at radius 1 is 1.13 bits per heavy atom. The molecule has 0 radical (unpaired) electrons. The van der Waals surface area contributed by atoms with Gasteiger partial charge in [0.25, 0.3) is 0 Å². The van der Waals surface area contributed by atoms with Crippen LogP contribution in [-0.2, 0) is 6.54 Å². The number of piperazine rings is 1. The molecule has 2 N–H and O–H groups in total. The van der Waals surface area contributed by atoms with Crippen molar-refractivity contribution < 1.29 is 0 Å². The summed E-state index contributed by atoms with van der Waals surface area (Å²) in [6.07, 6.45) is 0. The smallest absolute Gasteiger partial charge is 0.223 e. The molecule has 0 aliphatic carbocycles. The Bertz CT molecular complexity index is 631. The zero-order chi connectivity index (χ0) is 16.4. The van der Waals surface area contributed by atoms with Crippen molar-refractivity contribution in [2.45, 2.75) is 32.5 Å². The maximum Gasteiger partial charge on any atom is 0.223 e. The molecule has 2 heterocycles. The van der Waals surface area contributed by atoms with Gasteiger partial charge in [0.15, 0.2) is 0 Å². The van der Waals surface area contributed by atoms with Gasteiger partial charge in [-0.1, -0.05) is 41.9 Å². The largest absolute Gasteiger partial charge is 0.368 e. The van der Waals surface area contributed by atoms with Crippen LogP contribution in [0.3, 0.4) is 0 Å². The summed E-state index contributed by atoms with van der Waals surface area (Å²) in [4.78, 5) is 13.1. The molecule has 3 rings (SSSR count). The van der Waals surface area contributed by atoms with E-state index in [1.165, 1.54) is 5.56 Å². The molecular formula is C17H22ClN5. The van der Waals surface area contributed by atoms with Crippen LogP contribution in [0.4, 0.5) is 11.8 Å². The number of rotatable bonds is 3. The topological polar surface area (TPSA) is 58.3 Å². The highest BCUT2D eigenvalue weighted by Gasteiger charge is 2.30. The Kier molecular flexibility index (Phi) is 4.68. The van der Waals surface area contributed by atoms with E-state index >= 15 is 0 Å². The quantitative estimate of drug-likeness (QED) is 0.876. The molecule has 0 bridgehead atoms. The Hall–Kier alpha value is -1.85. The highest BCUT2D eigenvalue weighted by Crippen LogP contribution is 2.26. The Morgan fingerprint density at radius 3 is 2.39 bits per heavy atom. The molecule has 23 heavy (non-hydrogen) atoms. The van der Waals surface area contributed by atoms with Gasteiger partial charge in [-0.15, -0.1) is 0 Å². The predicted octanol–water partition coefficient (Wildman–Crippen LogP) is 2.81. The first-order valence-electron chi connectivity index (χ1n) is 7.87. The lowest BCUT2D eigenvalue weighted by Crippen LogP contribution is -2.56. The van der Waals surface area contributed by atoms with Crippen molar-refractivity contribution in [2.24, 2.45) is 0 Å². The van der Waals surface area contributed by atoms with E-state index in [9.17, 15) is 0 Å². The third-order valence-electron chi connectivity index (χ3n) is 4.21. The van der Waals surface area contributed by atoms with Gasteiger partial charge in [-0.2, -0.15) is 4.98 Å². The minimum absolute atomic E-state index is 0.221. The molecule has 0 saturated carbocycles. The first kappa shape index (κ1) is 16.0. The van der Waals surface area contributed by atoms with Gasteiger partial charge in [0, 0.05) is 37.8 Å². The average molecular weight is 332 g/mol. The number of halogens is 1. The second-order valence-electron chi connectivity index (χ2n) is 6.19. The lowest BCUT2D eigenvalue weighted by Gasteiger charge is -2.45. The van der Waals surface area contributed by atoms with E-state index in [-0.39, 0.29) is 5.95 Å². The van der Waals surface area contributed by atoms with Crippen LogP contribution in [0, 0.1) is 0 Å². The van der Waals surface area contributed by atoms with Crippen molar-refractivity contribution >= 4 is 23.4 Å². The van der Waals surface area contributed by atoms with Gasteiger partial charge in [-0.05, 0) is 19.4 Å². The highest BCUT2D eigenvalue weighted by molar-refractivity contribution is 6.29. The second-order valence-corrected chi connectivity index (χ2v) is 6.58. The number of nitrogens with two attached hydrogens (primary N) is 1. The van der Waals surface area contributed by atoms with E-state index in [0.717, 1.165) is 25.5 Å². The molecule has 1 aromatic carbocycles. The lowest BCUT2D eigenvalue weighted by molar-refractivity contribution is 0.191. The SMILES string of the molecule is C[C@H]1CN(Cc2ccccc2)C[C@H](C)N1c1cc(Cl)nc(N)n1. The molecule has 1 aliphatic heterocycles. The van der Waals surface area contributed by atoms with Gasteiger partial charge in [0.2, 0.25) is 5.95 Å². The van der Waals surface area contributed by atoms with Gasteiger partial charge in [0.05, 0.1) is 0 Å². The Morgan fingerprint density at radius 2 is 1.78 bits per heavy atom. The highest BCUT2D eigenvalue weighted by atomic mass is 35.5. The molecule has 2 aromatic rings. The summed E-state index contributed by atoms with van der Waals surface area (Å²) in [5.74, 6) is 1.03. The summed E-state index contributed by atoms with van der Waals surface area (Å²) in [5, 5.41) is 0.388. The third-order valence-corrected chi connectivity index (χ3v) is 4.40. The van der Waals surface area contributed by atoms with Crippen LogP contribution in [0.15, 0.2) is 36.4 Å². The van der Waals surface area contributed by atoms with Crippen LogP contribution < -0.4 is 10.6 Å². The molecule has 1 saturated heterocycles. The molecule has 1 aromatic heterocycles. The van der Waals surface area contributed by atoms with Crippen molar-refractivity contribution in [1.82, 2.24) is 14.9 Å². The third kappa shape index (κ3) is 3.74. The molecule has 0 amide bonds. The van der Waals surface area contributed by atoms with E-state index in [1.807, 2.05) is 0 Å². The second kappa shape index (κ2) is 6.72. The number of hydrogen-bond acceptors (Lipinski definition) is 5. The van der Waals surface area contributed by atoms with Gasteiger partial charge >= 0.3 is 0 Å². The van der Waals surface area contributed by atoms with Gasteiger partial charge in [-0.25, -0.2) is 4.98 Å². The van der Waals surface area contributed by atoms with E-state index in [0.29, 0.717) is 17.2 Å². The fraction of sp³-hybridized carbons (Fsp3) is 0.412. The van der Waals surface area contributed by atoms with Crippen molar-refractivity contribution in [1.29, 1.82) is 0 Å². The Balaban J connectivity index is 1.74. The van der Waals surface area contributed by atoms with Gasteiger partial charge in [-0.3, -0.25) is 4.90 Å². The van der Waals surface area contributed by atoms with E-state index in [4.69, 9.17) is 17.3 Å². The zero-order valence-electron chi connectivity index (χ0n) is 13.5. The molecule has 5 nitrogen and oxygen atoms in total. The van der Waals surface area contributed by atoms with Crippen molar-refractivity contribution in [3.8, 4) is 0 Å². The van der Waals surface area contributed by atoms with E-state index in [2.05, 4.69) is 63.9 Å². The van der Waals surface area contributed by atoms with Crippen LogP contribution >= 0.6 is 11.6 Å². The summed E-state index contributed by atoms with van der Waals surface area (Å²) in [6.45, 7) is 7.33. The van der Waals surface area contributed by atoms with Crippen LogP contribution in [0.25, 0.3) is 0 Å². The zero-order valence-corrected chi connectivity index (χ0v) is 14.2. The van der Waals surface area contributed by atoms with Crippen molar-refractivity contribution in [2.75, 3.05) is 23.7 Å². The number of benzene rings is 1. The van der Waals surface area contributed by atoms with Crippen molar-refractivity contribution in [3.63, 3.8) is 0 Å². The summed E-state index contributed by atoms with van der Waals surface area (Å²) in [5.41, 5.74) is 7.09. The molecule has 2 atom stereocenters. The van der Waals surface area contributed by atoms with Crippen LogP contribution in [-0.4, -0.2) is 40.0 Å². The van der Waals surface area contributed by atoms with Crippen LogP contribution in [0.1, 0.15) is 19.4 Å². The molecule has 1 aliphatic rings. The molecular weight excluding hydrogens is 310 g/mol. The number of nitrogens with zero attached hydrogens (tertiary/aromatic N) is 4. The number of anilines is 2. The monoisotopic (exact) mass is 331 g/mol. The minimum atomic E-state index is 0.221. The molecule has 122 valence electrons. The molecule has 6 heteroatoms. The average Bonchev–Trinajstić information content (AvgIpc) is 2.46. The molecule has 0 spiro atoms. The fourth-order valence-electron chi connectivity index (χ4n) is 3.41. The maximum absolute atomic E-state index is 6.03. The first-order valence-corrected chi connectivity index (χ1v) is 8.25. The normalized spacial score (nSPS) is 22.3. The van der Waals surface area contributed by atoms with Gasteiger partial charge in [0.1, 0.15) is 11.0 Å². The number of aromatic nitrogens is 2. The van der Waals surface area contributed by atoms with Crippen LogP contribution in [0.2, 0.25) is 5.15 Å². The standard InChI is InChI=1S/C17H22ClN5/c1-12-9-22(11-14-6-4-3-5-7-14)10-13(2)23(12)16-8-15(18)20-17(19)21-16/h3-8,12-13H,9-11H2,1-2H3,(H2,19,20,21)/t12-,13-/m0/s1. The summed E-state index contributed by atoms with van der Waals surface area (Å²) in [7, 11) is 0. The van der Waals surface area contributed by atoms with Crippen molar-refractivity contribution in [3.05, 3.63) is 47.1 Å². The maximum atomic E-state index is 6.03. The van der Waals surface area contributed by atoms with Gasteiger partial charge < -0.3 is 10.6 Å². The molecule has 1 fully saturated rings. The number of nitrogen functional groups attached to an aromatic ring is 1. The van der Waals surface area contributed by atoms with E-state index in [1.54, 1.807) is 6.07 Å². The fourth-order valence-corrected chi connectivity index (χ4v) is 3.59. The first-order chi connectivity index (χ1) is 11.0. The molecule has 0 unspecified atom stereocenters. The summed E-state index contributed by atoms with van der Waals surface area (Å²) in [6, 6.07) is 13.0. The summed E-state index contributed by atoms with van der Waals surface area (Å²) < 4.78 is 0. The summed E-state index contributed by atoms with van der Waals surface area (Å²) >= 11 is 6.03. The minimum Gasteiger partial charge on any atom is -0.368 e. The lowest BCUT2D eigenvalue weighted by atomic mass is 10.1.